The van der Waals surface area contributed by atoms with Crippen molar-refractivity contribution in [2.24, 2.45) is 0 Å². The van der Waals surface area contributed by atoms with Gasteiger partial charge in [-0.2, -0.15) is 5.10 Å². The van der Waals surface area contributed by atoms with Gasteiger partial charge in [0.2, 0.25) is 5.91 Å². The number of H-pyrrole nitrogens is 1. The van der Waals surface area contributed by atoms with Crippen molar-refractivity contribution in [3.63, 3.8) is 0 Å². The van der Waals surface area contributed by atoms with Gasteiger partial charge in [0, 0.05) is 23.8 Å². The van der Waals surface area contributed by atoms with Crippen molar-refractivity contribution in [3.05, 3.63) is 34.5 Å². The van der Waals surface area contributed by atoms with Gasteiger partial charge in [0.25, 0.3) is 0 Å². The molecule has 0 aliphatic carbocycles. The summed E-state index contributed by atoms with van der Waals surface area (Å²) in [4.78, 5) is 19.7. The molecule has 1 amide bonds. The van der Waals surface area contributed by atoms with Crippen LogP contribution in [-0.2, 0) is 11.3 Å². The Labute approximate surface area is 133 Å². The molecule has 0 radical (unpaired) electrons. The molecule has 1 fully saturated rings. The molecule has 1 saturated heterocycles. The number of piperidine rings is 1. The number of nitrogens with one attached hydrogen (secondary N) is 2. The minimum Gasteiger partial charge on any atom is -0.351 e. The number of rotatable bonds is 6. The zero-order chi connectivity index (χ0) is 15.2. The highest BCUT2D eigenvalue weighted by Gasteiger charge is 2.22. The Kier molecular flexibility index (Phi) is 5.18. The van der Waals surface area contributed by atoms with Crippen LogP contribution in [0.15, 0.2) is 23.8 Å². The first kappa shape index (κ1) is 15.2. The van der Waals surface area contributed by atoms with Crippen LogP contribution in [0.2, 0.25) is 0 Å². The van der Waals surface area contributed by atoms with Crippen molar-refractivity contribution in [1.29, 1.82) is 0 Å². The van der Waals surface area contributed by atoms with Crippen LogP contribution in [0, 0.1) is 0 Å². The van der Waals surface area contributed by atoms with Crippen LogP contribution in [0.4, 0.5) is 0 Å². The number of thiophene rings is 1. The first-order valence-electron chi connectivity index (χ1n) is 7.68. The quantitative estimate of drug-likeness (QED) is 0.851. The summed E-state index contributed by atoms with van der Waals surface area (Å²) in [6.07, 6.45) is 4.29. The molecule has 2 aromatic heterocycles. The Bertz CT molecular complexity index is 561. The van der Waals surface area contributed by atoms with Crippen LogP contribution in [0.3, 0.4) is 0 Å². The highest BCUT2D eigenvalue weighted by atomic mass is 32.1. The number of carbonyl (C=O) groups is 1. The lowest BCUT2D eigenvalue weighted by Crippen LogP contribution is -2.36. The fraction of sp³-hybridized carbons (Fsp3) is 0.533. The number of likely N-dealkylation sites (tertiary alicyclic amines) is 1. The predicted octanol–water partition coefficient (Wildman–Crippen LogP) is 1.75. The zero-order valence-electron chi connectivity index (χ0n) is 12.5. The fourth-order valence-electron chi connectivity index (χ4n) is 2.79. The Morgan fingerprint density at radius 2 is 2.32 bits per heavy atom. The van der Waals surface area contributed by atoms with Gasteiger partial charge in [-0.25, -0.2) is 4.98 Å². The molecule has 0 atom stereocenters. The van der Waals surface area contributed by atoms with Crippen molar-refractivity contribution in [2.75, 3.05) is 19.6 Å². The maximum absolute atomic E-state index is 11.9. The van der Waals surface area contributed by atoms with Gasteiger partial charge in [0.1, 0.15) is 12.2 Å². The van der Waals surface area contributed by atoms with E-state index in [0.29, 0.717) is 18.9 Å². The first-order chi connectivity index (χ1) is 10.8. The lowest BCUT2D eigenvalue weighted by Gasteiger charge is -2.30. The van der Waals surface area contributed by atoms with Crippen molar-refractivity contribution in [2.45, 2.75) is 31.7 Å². The van der Waals surface area contributed by atoms with Crippen LogP contribution in [0.1, 0.15) is 35.9 Å². The van der Waals surface area contributed by atoms with Crippen LogP contribution in [0.25, 0.3) is 0 Å². The molecule has 0 bridgehead atoms. The smallest absolute Gasteiger partial charge is 0.221 e. The molecule has 1 aliphatic rings. The summed E-state index contributed by atoms with van der Waals surface area (Å²) in [5, 5.41) is 11.9. The average molecular weight is 319 g/mol. The van der Waals surface area contributed by atoms with E-state index in [0.717, 1.165) is 38.3 Å². The van der Waals surface area contributed by atoms with Crippen LogP contribution < -0.4 is 5.32 Å². The van der Waals surface area contributed by atoms with E-state index >= 15 is 0 Å². The van der Waals surface area contributed by atoms with Gasteiger partial charge in [0.15, 0.2) is 0 Å². The Hall–Kier alpha value is -1.73. The van der Waals surface area contributed by atoms with Crippen molar-refractivity contribution >= 4 is 17.2 Å². The molecule has 22 heavy (non-hydrogen) atoms. The number of hydrogen-bond donors (Lipinski definition) is 2. The molecule has 7 heteroatoms. The second-order valence-electron chi connectivity index (χ2n) is 5.59. The molecule has 118 valence electrons. The van der Waals surface area contributed by atoms with Crippen molar-refractivity contribution in [3.8, 4) is 0 Å². The van der Waals surface area contributed by atoms with Crippen LogP contribution in [0.5, 0.6) is 0 Å². The van der Waals surface area contributed by atoms with E-state index in [2.05, 4.69) is 25.4 Å². The number of carbonyl (C=O) groups excluding carboxylic acids is 1. The second kappa shape index (κ2) is 7.51. The fourth-order valence-corrected chi connectivity index (χ4v) is 3.43. The monoisotopic (exact) mass is 319 g/mol. The number of amides is 1. The van der Waals surface area contributed by atoms with Gasteiger partial charge in [-0.1, -0.05) is 6.07 Å². The van der Waals surface area contributed by atoms with E-state index in [1.807, 2.05) is 17.5 Å². The van der Waals surface area contributed by atoms with Crippen molar-refractivity contribution in [1.82, 2.24) is 25.4 Å². The molecule has 6 nitrogen and oxygen atoms in total. The summed E-state index contributed by atoms with van der Waals surface area (Å²) in [5.74, 6) is 1.60. The van der Waals surface area contributed by atoms with Gasteiger partial charge >= 0.3 is 0 Å². The minimum atomic E-state index is 0.130. The summed E-state index contributed by atoms with van der Waals surface area (Å²) in [6.45, 7) is 3.51. The highest BCUT2D eigenvalue weighted by Crippen LogP contribution is 2.24. The Morgan fingerprint density at radius 3 is 3.00 bits per heavy atom. The first-order valence-corrected chi connectivity index (χ1v) is 8.56. The molecular formula is C15H21N5OS. The van der Waals surface area contributed by atoms with Crippen LogP contribution in [-0.4, -0.2) is 45.6 Å². The Balaban J connectivity index is 1.33. The van der Waals surface area contributed by atoms with Gasteiger partial charge in [-0.05, 0) is 37.4 Å². The highest BCUT2D eigenvalue weighted by molar-refractivity contribution is 7.09. The molecule has 2 N–H and O–H groups in total. The number of aromatic amines is 1. The number of aromatic nitrogens is 3. The molecule has 0 aromatic carbocycles. The molecular weight excluding hydrogens is 298 g/mol. The normalized spacial score (nSPS) is 16.7. The molecule has 3 rings (SSSR count). The zero-order valence-corrected chi connectivity index (χ0v) is 13.3. The maximum atomic E-state index is 11.9. The average Bonchev–Trinajstić information content (AvgIpc) is 3.24. The second-order valence-corrected chi connectivity index (χ2v) is 6.62. The minimum absolute atomic E-state index is 0.130. The number of hydrogen-bond acceptors (Lipinski definition) is 5. The van der Waals surface area contributed by atoms with Crippen LogP contribution >= 0.6 is 11.3 Å². The van der Waals surface area contributed by atoms with E-state index in [-0.39, 0.29) is 5.91 Å². The molecule has 0 unspecified atom stereocenters. The topological polar surface area (TPSA) is 73.9 Å². The van der Waals surface area contributed by atoms with Gasteiger partial charge in [-0.3, -0.25) is 9.89 Å². The van der Waals surface area contributed by atoms with E-state index in [1.165, 1.54) is 4.88 Å². The third kappa shape index (κ3) is 4.14. The molecule has 2 aromatic rings. The third-order valence-electron chi connectivity index (χ3n) is 4.10. The SMILES string of the molecule is O=C(CCN1CCC(c2ncn[nH]2)CC1)NCc1cccs1. The van der Waals surface area contributed by atoms with Gasteiger partial charge < -0.3 is 10.2 Å². The largest absolute Gasteiger partial charge is 0.351 e. The lowest BCUT2D eigenvalue weighted by molar-refractivity contribution is -0.121. The summed E-state index contributed by atoms with van der Waals surface area (Å²) < 4.78 is 0. The Morgan fingerprint density at radius 1 is 1.45 bits per heavy atom. The summed E-state index contributed by atoms with van der Waals surface area (Å²) in [5.41, 5.74) is 0. The van der Waals surface area contributed by atoms with Gasteiger partial charge in [0.05, 0.1) is 6.54 Å². The summed E-state index contributed by atoms with van der Waals surface area (Å²) >= 11 is 1.67. The molecule has 0 saturated carbocycles. The summed E-state index contributed by atoms with van der Waals surface area (Å²) in [6, 6.07) is 4.05. The predicted molar refractivity (Wildman–Crippen MR) is 85.6 cm³/mol. The molecule has 3 heterocycles. The third-order valence-corrected chi connectivity index (χ3v) is 4.98. The van der Waals surface area contributed by atoms with E-state index in [9.17, 15) is 4.79 Å². The van der Waals surface area contributed by atoms with Crippen molar-refractivity contribution < 1.29 is 4.79 Å². The van der Waals surface area contributed by atoms with Gasteiger partial charge in [-0.15, -0.1) is 11.3 Å². The molecule has 1 aliphatic heterocycles. The maximum Gasteiger partial charge on any atom is 0.221 e. The number of nitrogens with zero attached hydrogens (tertiary/aromatic N) is 3. The van der Waals surface area contributed by atoms with E-state index < -0.39 is 0 Å². The standard InChI is InChI=1S/C15H21N5OS/c21-14(16-10-13-2-1-9-22-13)5-8-20-6-3-12(4-7-20)15-17-11-18-19-15/h1-2,9,11-12H,3-8,10H2,(H,16,21)(H,17,18,19). The van der Waals surface area contributed by atoms with E-state index in [4.69, 9.17) is 0 Å². The summed E-state index contributed by atoms with van der Waals surface area (Å²) in [7, 11) is 0. The lowest BCUT2D eigenvalue weighted by atomic mass is 9.96. The van der Waals surface area contributed by atoms with E-state index in [1.54, 1.807) is 17.7 Å². The molecule has 0 spiro atoms.